The van der Waals surface area contributed by atoms with E-state index in [0.717, 1.165) is 10.5 Å². The number of benzene rings is 2. The van der Waals surface area contributed by atoms with Gasteiger partial charge in [0.05, 0.1) is 19.9 Å². The number of nitrogens with one attached hydrogen (secondary N) is 1. The Balaban J connectivity index is 1.91. The first-order valence-electron chi connectivity index (χ1n) is 8.91. The Morgan fingerprint density at radius 2 is 1.86 bits per heavy atom. The van der Waals surface area contributed by atoms with E-state index in [2.05, 4.69) is 5.32 Å². The maximum atomic E-state index is 13.1. The van der Waals surface area contributed by atoms with Crippen LogP contribution in [0, 0.1) is 5.92 Å². The summed E-state index contributed by atoms with van der Waals surface area (Å²) in [4.78, 5) is 28.4. The molecule has 1 saturated heterocycles. The maximum absolute atomic E-state index is 13.1. The van der Waals surface area contributed by atoms with Crippen molar-refractivity contribution in [3.8, 4) is 11.5 Å². The Morgan fingerprint density at radius 1 is 1.14 bits per heavy atom. The highest BCUT2D eigenvalue weighted by Crippen LogP contribution is 2.38. The third kappa shape index (κ3) is 3.80. The molecule has 6 nitrogen and oxygen atoms in total. The predicted molar refractivity (Wildman–Crippen MR) is 110 cm³/mol. The molecule has 1 N–H and O–H groups in total. The number of rotatable bonds is 6. The van der Waals surface area contributed by atoms with Gasteiger partial charge in [-0.15, -0.1) is 11.8 Å². The van der Waals surface area contributed by atoms with E-state index in [1.165, 1.54) is 0 Å². The van der Waals surface area contributed by atoms with E-state index in [-0.39, 0.29) is 17.7 Å². The van der Waals surface area contributed by atoms with Crippen LogP contribution in [0.25, 0.3) is 0 Å². The number of ether oxygens (including phenoxy) is 2. The quantitative estimate of drug-likeness (QED) is 0.596. The summed E-state index contributed by atoms with van der Waals surface area (Å²) in [5.41, 5.74) is 1.59. The summed E-state index contributed by atoms with van der Waals surface area (Å²) in [7, 11) is 4.86. The Kier molecular flexibility index (Phi) is 6.14. The Hall–Kier alpha value is -2.67. The smallest absolute Gasteiger partial charge is 0.237 e. The second-order valence-corrected chi connectivity index (χ2v) is 7.45. The number of carbonyl (C=O) groups is 2. The molecule has 0 spiro atoms. The number of likely N-dealkylation sites (tertiary alicyclic amines) is 1. The average molecular weight is 401 g/mol. The summed E-state index contributed by atoms with van der Waals surface area (Å²) in [5, 5.41) is 2.94. The van der Waals surface area contributed by atoms with Gasteiger partial charge in [-0.25, -0.2) is 0 Å². The van der Waals surface area contributed by atoms with Crippen LogP contribution >= 0.6 is 11.8 Å². The van der Waals surface area contributed by atoms with Gasteiger partial charge in [0, 0.05) is 24.4 Å². The molecule has 0 bridgehead atoms. The molecule has 2 aromatic carbocycles. The summed E-state index contributed by atoms with van der Waals surface area (Å²) >= 11 is 1.55. The first kappa shape index (κ1) is 20.1. The molecule has 0 radical (unpaired) electrons. The molecule has 2 aromatic rings. The molecule has 1 heterocycles. The van der Waals surface area contributed by atoms with E-state index < -0.39 is 5.92 Å². The summed E-state index contributed by atoms with van der Waals surface area (Å²) in [6, 6.07) is 13.1. The zero-order valence-corrected chi connectivity index (χ0v) is 17.2. The van der Waals surface area contributed by atoms with Crippen molar-refractivity contribution in [1.82, 2.24) is 4.90 Å². The fourth-order valence-electron chi connectivity index (χ4n) is 3.53. The standard InChI is InChI=1S/C21H24N2O4S/c1-23-12-14(13-9-10-16(26-2)17(11-13)27-3)19(21(23)25)20(24)22-15-7-5-6-8-18(15)28-4/h5-11,14,19H,12H2,1-4H3,(H,22,24)/t14-,19+/m1/s1. The van der Waals surface area contributed by atoms with Gasteiger partial charge >= 0.3 is 0 Å². The molecule has 0 saturated carbocycles. The number of anilines is 1. The van der Waals surface area contributed by atoms with Gasteiger partial charge in [-0.1, -0.05) is 18.2 Å². The van der Waals surface area contributed by atoms with Crippen molar-refractivity contribution < 1.29 is 19.1 Å². The normalized spacial score (nSPS) is 18.9. The van der Waals surface area contributed by atoms with E-state index in [1.807, 2.05) is 42.7 Å². The van der Waals surface area contributed by atoms with E-state index in [4.69, 9.17) is 9.47 Å². The number of methoxy groups -OCH3 is 2. The van der Waals surface area contributed by atoms with Gasteiger partial charge in [-0.2, -0.15) is 0 Å². The van der Waals surface area contributed by atoms with Crippen LogP contribution < -0.4 is 14.8 Å². The van der Waals surface area contributed by atoms with Gasteiger partial charge in [0.1, 0.15) is 5.92 Å². The lowest BCUT2D eigenvalue weighted by Crippen LogP contribution is -2.32. The van der Waals surface area contributed by atoms with Crippen LogP contribution in [0.2, 0.25) is 0 Å². The van der Waals surface area contributed by atoms with Crippen molar-refractivity contribution in [2.75, 3.05) is 39.4 Å². The number of amides is 2. The highest BCUT2D eigenvalue weighted by atomic mass is 32.2. The zero-order chi connectivity index (χ0) is 20.3. The van der Waals surface area contributed by atoms with Gasteiger partial charge in [0.15, 0.2) is 11.5 Å². The molecule has 2 amide bonds. The van der Waals surface area contributed by atoms with Crippen molar-refractivity contribution in [1.29, 1.82) is 0 Å². The molecule has 1 fully saturated rings. The fourth-order valence-corrected chi connectivity index (χ4v) is 4.09. The van der Waals surface area contributed by atoms with Gasteiger partial charge in [0.25, 0.3) is 0 Å². The summed E-state index contributed by atoms with van der Waals surface area (Å²) in [6.45, 7) is 0.469. The third-order valence-electron chi connectivity index (χ3n) is 5.00. The van der Waals surface area contributed by atoms with Crippen molar-refractivity contribution in [3.05, 3.63) is 48.0 Å². The first-order valence-corrected chi connectivity index (χ1v) is 10.1. The molecule has 1 aliphatic rings. The molecule has 28 heavy (non-hydrogen) atoms. The van der Waals surface area contributed by atoms with Crippen molar-refractivity contribution in [2.24, 2.45) is 5.92 Å². The van der Waals surface area contributed by atoms with E-state index in [1.54, 1.807) is 44.0 Å². The lowest BCUT2D eigenvalue weighted by molar-refractivity contribution is -0.135. The Morgan fingerprint density at radius 3 is 2.54 bits per heavy atom. The van der Waals surface area contributed by atoms with E-state index in [0.29, 0.717) is 23.7 Å². The fraction of sp³-hybridized carbons (Fsp3) is 0.333. The van der Waals surface area contributed by atoms with Gasteiger partial charge in [-0.05, 0) is 36.1 Å². The minimum Gasteiger partial charge on any atom is -0.493 e. The SMILES string of the molecule is COc1ccc([C@H]2CN(C)C(=O)[C@@H]2C(=O)Nc2ccccc2SC)cc1OC. The largest absolute Gasteiger partial charge is 0.493 e. The zero-order valence-electron chi connectivity index (χ0n) is 16.4. The molecule has 0 unspecified atom stereocenters. The second-order valence-electron chi connectivity index (χ2n) is 6.61. The predicted octanol–water partition coefficient (Wildman–Crippen LogP) is 3.24. The van der Waals surface area contributed by atoms with Crippen LogP contribution in [0.5, 0.6) is 11.5 Å². The molecule has 7 heteroatoms. The molecular weight excluding hydrogens is 376 g/mol. The van der Waals surface area contributed by atoms with Crippen LogP contribution in [0.4, 0.5) is 5.69 Å². The van der Waals surface area contributed by atoms with Crippen LogP contribution in [-0.4, -0.2) is 50.8 Å². The number of carbonyl (C=O) groups excluding carboxylic acids is 2. The van der Waals surface area contributed by atoms with Crippen molar-refractivity contribution in [3.63, 3.8) is 0 Å². The topological polar surface area (TPSA) is 67.9 Å². The van der Waals surface area contributed by atoms with Gasteiger partial charge in [-0.3, -0.25) is 9.59 Å². The monoisotopic (exact) mass is 400 g/mol. The molecule has 3 rings (SSSR count). The van der Waals surface area contributed by atoms with Gasteiger partial charge in [0.2, 0.25) is 11.8 Å². The summed E-state index contributed by atoms with van der Waals surface area (Å²) in [6.07, 6.45) is 1.95. The van der Waals surface area contributed by atoms with Crippen molar-refractivity contribution >= 4 is 29.3 Å². The molecule has 1 aliphatic heterocycles. The molecule has 148 valence electrons. The first-order chi connectivity index (χ1) is 13.5. The lowest BCUT2D eigenvalue weighted by atomic mass is 9.87. The minimum absolute atomic E-state index is 0.182. The average Bonchev–Trinajstić information content (AvgIpc) is 3.02. The molecule has 2 atom stereocenters. The van der Waals surface area contributed by atoms with E-state index in [9.17, 15) is 9.59 Å². The molecule has 0 aliphatic carbocycles. The summed E-state index contributed by atoms with van der Waals surface area (Å²) < 4.78 is 10.7. The highest BCUT2D eigenvalue weighted by molar-refractivity contribution is 7.98. The number of hydrogen-bond donors (Lipinski definition) is 1. The number of hydrogen-bond acceptors (Lipinski definition) is 5. The van der Waals surface area contributed by atoms with Crippen LogP contribution in [-0.2, 0) is 9.59 Å². The highest BCUT2D eigenvalue weighted by Gasteiger charge is 2.44. The minimum atomic E-state index is -0.794. The second kappa shape index (κ2) is 8.56. The Labute approximate surface area is 169 Å². The number of thioether (sulfide) groups is 1. The Bertz CT molecular complexity index is 886. The lowest BCUT2D eigenvalue weighted by Gasteiger charge is -2.19. The van der Waals surface area contributed by atoms with Crippen LogP contribution in [0.1, 0.15) is 11.5 Å². The molecule has 0 aromatic heterocycles. The van der Waals surface area contributed by atoms with Crippen LogP contribution in [0.15, 0.2) is 47.4 Å². The van der Waals surface area contributed by atoms with E-state index >= 15 is 0 Å². The third-order valence-corrected chi connectivity index (χ3v) is 5.79. The molecular formula is C21H24N2O4S. The van der Waals surface area contributed by atoms with Gasteiger partial charge < -0.3 is 19.7 Å². The number of likely N-dealkylation sites (N-methyl/N-ethyl adjacent to an activating group) is 1. The maximum Gasteiger partial charge on any atom is 0.237 e. The van der Waals surface area contributed by atoms with Crippen LogP contribution in [0.3, 0.4) is 0 Å². The summed E-state index contributed by atoms with van der Waals surface area (Å²) in [5.74, 6) is -0.348. The van der Waals surface area contributed by atoms with Crippen molar-refractivity contribution in [2.45, 2.75) is 10.8 Å². The number of para-hydroxylation sites is 1. The number of nitrogens with zero attached hydrogens (tertiary/aromatic N) is 1.